The maximum atomic E-state index is 6.01. The molecular formula is C19H21N5O. The number of likely N-dealkylation sites (tertiary alicyclic amines) is 1. The SMILES string of the molecule is CN1CCC(c2cc3c(Oc4ccc(N)nc4)ccnc3cn2)CC1. The Balaban J connectivity index is 1.67. The molecular weight excluding hydrogens is 314 g/mol. The largest absolute Gasteiger partial charge is 0.455 e. The number of hydrogen-bond acceptors (Lipinski definition) is 6. The van der Waals surface area contributed by atoms with E-state index in [4.69, 9.17) is 10.5 Å². The van der Waals surface area contributed by atoms with E-state index in [0.29, 0.717) is 17.5 Å². The maximum absolute atomic E-state index is 6.01. The minimum Gasteiger partial charge on any atom is -0.455 e. The molecule has 1 fully saturated rings. The monoisotopic (exact) mass is 335 g/mol. The van der Waals surface area contributed by atoms with Gasteiger partial charge in [-0.2, -0.15) is 0 Å². The average molecular weight is 335 g/mol. The van der Waals surface area contributed by atoms with E-state index in [0.717, 1.165) is 48.3 Å². The molecule has 6 nitrogen and oxygen atoms in total. The molecule has 1 aliphatic rings. The quantitative estimate of drug-likeness (QED) is 0.792. The van der Waals surface area contributed by atoms with Crippen LogP contribution in [0, 0.1) is 0 Å². The van der Waals surface area contributed by atoms with Crippen LogP contribution in [0.1, 0.15) is 24.5 Å². The van der Waals surface area contributed by atoms with Crippen LogP contribution in [0.2, 0.25) is 0 Å². The van der Waals surface area contributed by atoms with Crippen molar-refractivity contribution in [3.8, 4) is 11.5 Å². The van der Waals surface area contributed by atoms with Gasteiger partial charge in [0, 0.05) is 23.2 Å². The Kier molecular flexibility index (Phi) is 4.19. The van der Waals surface area contributed by atoms with E-state index >= 15 is 0 Å². The van der Waals surface area contributed by atoms with Gasteiger partial charge < -0.3 is 15.4 Å². The average Bonchev–Trinajstić information content (AvgIpc) is 2.64. The van der Waals surface area contributed by atoms with Crippen LogP contribution < -0.4 is 10.5 Å². The number of nitrogens with zero attached hydrogens (tertiary/aromatic N) is 4. The second kappa shape index (κ2) is 6.64. The number of nitrogen functional groups attached to an aromatic ring is 1. The van der Waals surface area contributed by atoms with Gasteiger partial charge in [-0.3, -0.25) is 9.97 Å². The Morgan fingerprint density at radius 1 is 1.08 bits per heavy atom. The summed E-state index contributed by atoms with van der Waals surface area (Å²) in [4.78, 5) is 15.5. The molecule has 1 saturated heterocycles. The summed E-state index contributed by atoms with van der Waals surface area (Å²) in [6.45, 7) is 2.22. The first-order valence-electron chi connectivity index (χ1n) is 8.51. The third-order valence-electron chi connectivity index (χ3n) is 4.73. The predicted octanol–water partition coefficient (Wildman–Crippen LogP) is 3.21. The first kappa shape index (κ1) is 15.8. The number of aromatic nitrogens is 3. The highest BCUT2D eigenvalue weighted by molar-refractivity contribution is 5.84. The Hall–Kier alpha value is -2.73. The van der Waals surface area contributed by atoms with Gasteiger partial charge in [0.2, 0.25) is 0 Å². The zero-order valence-corrected chi connectivity index (χ0v) is 14.2. The molecule has 25 heavy (non-hydrogen) atoms. The van der Waals surface area contributed by atoms with Gasteiger partial charge in [0.05, 0.1) is 17.9 Å². The normalized spacial score (nSPS) is 16.2. The Labute approximate surface area is 146 Å². The number of ether oxygens (including phenoxy) is 1. The summed E-state index contributed by atoms with van der Waals surface area (Å²) in [5, 5.41) is 0.975. The van der Waals surface area contributed by atoms with E-state index < -0.39 is 0 Å². The zero-order valence-electron chi connectivity index (χ0n) is 14.2. The molecule has 4 rings (SSSR count). The second-order valence-electron chi connectivity index (χ2n) is 6.53. The molecule has 0 radical (unpaired) electrons. The van der Waals surface area contributed by atoms with Crippen molar-refractivity contribution < 1.29 is 4.74 Å². The van der Waals surface area contributed by atoms with Gasteiger partial charge in [0.25, 0.3) is 0 Å². The van der Waals surface area contributed by atoms with Crippen molar-refractivity contribution in [1.29, 1.82) is 0 Å². The number of hydrogen-bond donors (Lipinski definition) is 1. The molecule has 0 spiro atoms. The van der Waals surface area contributed by atoms with Crippen LogP contribution in [0.15, 0.2) is 42.9 Å². The van der Waals surface area contributed by atoms with Crippen LogP contribution in [0.4, 0.5) is 5.82 Å². The first-order valence-corrected chi connectivity index (χ1v) is 8.51. The summed E-state index contributed by atoms with van der Waals surface area (Å²) in [6.07, 6.45) is 7.47. The van der Waals surface area contributed by atoms with Gasteiger partial charge in [-0.25, -0.2) is 4.98 Å². The minimum absolute atomic E-state index is 0.473. The Bertz CT molecular complexity index is 873. The van der Waals surface area contributed by atoms with Crippen LogP contribution in [0.3, 0.4) is 0 Å². The number of nitrogens with two attached hydrogens (primary N) is 1. The highest BCUT2D eigenvalue weighted by Crippen LogP contribution is 2.32. The van der Waals surface area contributed by atoms with Gasteiger partial charge in [-0.1, -0.05) is 0 Å². The molecule has 0 amide bonds. The zero-order chi connectivity index (χ0) is 17.2. The van der Waals surface area contributed by atoms with Crippen molar-refractivity contribution in [3.05, 3.63) is 48.5 Å². The van der Waals surface area contributed by atoms with Gasteiger partial charge in [0.15, 0.2) is 0 Å². The van der Waals surface area contributed by atoms with Gasteiger partial charge in [0.1, 0.15) is 17.3 Å². The first-order chi connectivity index (χ1) is 12.2. The number of pyridine rings is 3. The summed E-state index contributed by atoms with van der Waals surface area (Å²) in [5.74, 6) is 2.38. The molecule has 6 heteroatoms. The van der Waals surface area contributed by atoms with Gasteiger partial charge >= 0.3 is 0 Å². The highest BCUT2D eigenvalue weighted by atomic mass is 16.5. The lowest BCUT2D eigenvalue weighted by molar-refractivity contribution is 0.253. The van der Waals surface area contributed by atoms with Crippen molar-refractivity contribution in [3.63, 3.8) is 0 Å². The summed E-state index contributed by atoms with van der Waals surface area (Å²) in [5.41, 5.74) is 7.58. The van der Waals surface area contributed by atoms with Crippen molar-refractivity contribution in [1.82, 2.24) is 19.9 Å². The van der Waals surface area contributed by atoms with Crippen LogP contribution in [-0.2, 0) is 0 Å². The molecule has 0 aliphatic carbocycles. The lowest BCUT2D eigenvalue weighted by Gasteiger charge is -2.28. The predicted molar refractivity (Wildman–Crippen MR) is 97.7 cm³/mol. The van der Waals surface area contributed by atoms with E-state index in [1.807, 2.05) is 18.3 Å². The van der Waals surface area contributed by atoms with E-state index in [-0.39, 0.29) is 0 Å². The Morgan fingerprint density at radius 2 is 1.92 bits per heavy atom. The topological polar surface area (TPSA) is 77.2 Å². The molecule has 1 aliphatic heterocycles. The molecule has 128 valence electrons. The summed E-state index contributed by atoms with van der Waals surface area (Å²) in [6, 6.07) is 7.54. The van der Waals surface area contributed by atoms with Crippen molar-refractivity contribution in [2.24, 2.45) is 0 Å². The summed E-state index contributed by atoms with van der Waals surface area (Å²) < 4.78 is 6.01. The van der Waals surface area contributed by atoms with Crippen LogP contribution in [0.5, 0.6) is 11.5 Å². The van der Waals surface area contributed by atoms with Crippen molar-refractivity contribution in [2.45, 2.75) is 18.8 Å². The second-order valence-corrected chi connectivity index (χ2v) is 6.53. The van der Waals surface area contributed by atoms with E-state index in [9.17, 15) is 0 Å². The third kappa shape index (κ3) is 3.39. The molecule has 3 aromatic heterocycles. The minimum atomic E-state index is 0.473. The molecule has 0 unspecified atom stereocenters. The number of fused-ring (bicyclic) bond motifs is 1. The van der Waals surface area contributed by atoms with E-state index in [1.54, 1.807) is 18.5 Å². The maximum Gasteiger partial charge on any atom is 0.145 e. The third-order valence-corrected chi connectivity index (χ3v) is 4.73. The van der Waals surface area contributed by atoms with Crippen LogP contribution in [0.25, 0.3) is 10.9 Å². The highest BCUT2D eigenvalue weighted by Gasteiger charge is 2.20. The van der Waals surface area contributed by atoms with Crippen LogP contribution in [-0.4, -0.2) is 40.0 Å². The Morgan fingerprint density at radius 3 is 2.68 bits per heavy atom. The number of piperidine rings is 1. The summed E-state index contributed by atoms with van der Waals surface area (Å²) >= 11 is 0. The molecule has 0 aromatic carbocycles. The van der Waals surface area contributed by atoms with Crippen LogP contribution >= 0.6 is 0 Å². The van der Waals surface area contributed by atoms with E-state index in [1.165, 1.54) is 0 Å². The molecule has 0 bridgehead atoms. The number of rotatable bonds is 3. The fourth-order valence-electron chi connectivity index (χ4n) is 3.24. The van der Waals surface area contributed by atoms with Gasteiger partial charge in [-0.15, -0.1) is 0 Å². The number of anilines is 1. The standard InChI is InChI=1S/C19H21N5O/c1-24-8-5-13(6-9-24)16-10-15-17(12-22-16)21-7-4-18(15)25-14-2-3-19(20)23-11-14/h2-4,7,10-13H,5-6,8-9H2,1H3,(H2,20,23). The fourth-order valence-corrected chi connectivity index (χ4v) is 3.24. The van der Waals surface area contributed by atoms with Crippen molar-refractivity contribution >= 4 is 16.7 Å². The van der Waals surface area contributed by atoms with E-state index in [2.05, 4.69) is 33.0 Å². The lowest BCUT2D eigenvalue weighted by Crippen LogP contribution is -2.29. The van der Waals surface area contributed by atoms with Gasteiger partial charge in [-0.05, 0) is 57.2 Å². The molecule has 2 N–H and O–H groups in total. The molecule has 0 saturated carbocycles. The molecule has 3 aromatic rings. The van der Waals surface area contributed by atoms with Crippen molar-refractivity contribution in [2.75, 3.05) is 25.9 Å². The molecule has 4 heterocycles. The molecule has 0 atom stereocenters. The summed E-state index contributed by atoms with van der Waals surface area (Å²) in [7, 11) is 2.17. The fraction of sp³-hybridized carbons (Fsp3) is 0.316. The smallest absolute Gasteiger partial charge is 0.145 e. The lowest BCUT2D eigenvalue weighted by atomic mass is 9.93.